The Bertz CT molecular complexity index is 706. The van der Waals surface area contributed by atoms with Gasteiger partial charge in [-0.05, 0) is 18.2 Å². The number of halogens is 3. The van der Waals surface area contributed by atoms with Crippen LogP contribution in [0.2, 0.25) is 0 Å². The Hall–Kier alpha value is -2.58. The summed E-state index contributed by atoms with van der Waals surface area (Å²) in [5, 5.41) is 8.79. The number of fused-ring (bicyclic) bond motifs is 1. The van der Waals surface area contributed by atoms with E-state index in [4.69, 9.17) is 10.8 Å². The van der Waals surface area contributed by atoms with Gasteiger partial charge in [0.25, 0.3) is 0 Å². The van der Waals surface area contributed by atoms with Gasteiger partial charge in [-0.1, -0.05) is 0 Å². The van der Waals surface area contributed by atoms with E-state index in [1.807, 2.05) is 0 Å². The van der Waals surface area contributed by atoms with Gasteiger partial charge in [-0.15, -0.1) is 0 Å². The molecule has 9 heteroatoms. The minimum Gasteiger partial charge on any atom is -0.478 e. The molecular weight excluding hydrogens is 279 g/mol. The Morgan fingerprint density at radius 3 is 2.50 bits per heavy atom. The molecule has 0 atom stereocenters. The Morgan fingerprint density at radius 2 is 2.00 bits per heavy atom. The van der Waals surface area contributed by atoms with Gasteiger partial charge in [0.2, 0.25) is 11.7 Å². The molecule has 2 rings (SSSR count). The molecule has 106 valence electrons. The van der Waals surface area contributed by atoms with Crippen molar-refractivity contribution in [3.05, 3.63) is 29.6 Å². The van der Waals surface area contributed by atoms with E-state index in [2.05, 4.69) is 4.98 Å². The van der Waals surface area contributed by atoms with Crippen LogP contribution in [-0.4, -0.2) is 26.5 Å². The standard InChI is InChI=1S/C11H8F3N3O3/c12-11(13,14)10-16-6-3-5(9(19)20)1-2-7(6)17(10)4-8(15)18/h1-3H,4H2,(H2,15,18)(H,19,20). The lowest BCUT2D eigenvalue weighted by Crippen LogP contribution is -2.23. The maximum absolute atomic E-state index is 12.8. The van der Waals surface area contributed by atoms with Gasteiger partial charge in [-0.3, -0.25) is 4.79 Å². The highest BCUT2D eigenvalue weighted by atomic mass is 19.4. The molecule has 3 N–H and O–H groups in total. The predicted octanol–water partition coefficient (Wildman–Crippen LogP) is 1.24. The summed E-state index contributed by atoms with van der Waals surface area (Å²) >= 11 is 0. The monoisotopic (exact) mass is 287 g/mol. The summed E-state index contributed by atoms with van der Waals surface area (Å²) in [6.45, 7) is -0.697. The van der Waals surface area contributed by atoms with Crippen molar-refractivity contribution in [1.29, 1.82) is 0 Å². The van der Waals surface area contributed by atoms with Crippen molar-refractivity contribution in [2.45, 2.75) is 12.7 Å². The van der Waals surface area contributed by atoms with E-state index in [-0.39, 0.29) is 16.6 Å². The van der Waals surface area contributed by atoms with Crippen molar-refractivity contribution >= 4 is 22.9 Å². The van der Waals surface area contributed by atoms with Crippen molar-refractivity contribution in [2.75, 3.05) is 0 Å². The summed E-state index contributed by atoms with van der Waals surface area (Å²) in [5.41, 5.74) is 4.54. The first-order chi connectivity index (χ1) is 9.20. The molecule has 1 aromatic heterocycles. The lowest BCUT2D eigenvalue weighted by atomic mass is 10.2. The van der Waals surface area contributed by atoms with Crippen LogP contribution >= 0.6 is 0 Å². The van der Waals surface area contributed by atoms with E-state index >= 15 is 0 Å². The van der Waals surface area contributed by atoms with E-state index in [0.29, 0.717) is 4.57 Å². The maximum atomic E-state index is 12.8. The maximum Gasteiger partial charge on any atom is 0.449 e. The first-order valence-electron chi connectivity index (χ1n) is 5.29. The fraction of sp³-hybridized carbons (Fsp3) is 0.182. The second-order valence-corrected chi connectivity index (χ2v) is 3.99. The molecule has 0 spiro atoms. The van der Waals surface area contributed by atoms with E-state index < -0.39 is 30.4 Å². The van der Waals surface area contributed by atoms with Gasteiger partial charge in [0, 0.05) is 0 Å². The van der Waals surface area contributed by atoms with Crippen LogP contribution in [0.3, 0.4) is 0 Å². The molecule has 1 aromatic carbocycles. The third-order valence-electron chi connectivity index (χ3n) is 2.56. The number of nitrogens with two attached hydrogens (primary N) is 1. The SMILES string of the molecule is NC(=O)Cn1c(C(F)(F)F)nc2cc(C(=O)O)ccc21. The molecule has 0 unspecified atom stereocenters. The van der Waals surface area contributed by atoms with Crippen LogP contribution in [0.25, 0.3) is 11.0 Å². The van der Waals surface area contributed by atoms with Gasteiger partial charge < -0.3 is 15.4 Å². The van der Waals surface area contributed by atoms with Crippen LogP contribution in [0.4, 0.5) is 13.2 Å². The molecule has 6 nitrogen and oxygen atoms in total. The predicted molar refractivity (Wildman–Crippen MR) is 60.9 cm³/mol. The number of primary amides is 1. The molecule has 1 amide bonds. The zero-order valence-electron chi connectivity index (χ0n) is 9.81. The van der Waals surface area contributed by atoms with Crippen molar-refractivity contribution in [3.63, 3.8) is 0 Å². The van der Waals surface area contributed by atoms with Crippen LogP contribution in [0.15, 0.2) is 18.2 Å². The summed E-state index contributed by atoms with van der Waals surface area (Å²) in [7, 11) is 0. The Labute approximate surface area is 109 Å². The van der Waals surface area contributed by atoms with Crippen LogP contribution in [0.1, 0.15) is 16.2 Å². The van der Waals surface area contributed by atoms with Gasteiger partial charge >= 0.3 is 12.1 Å². The van der Waals surface area contributed by atoms with Gasteiger partial charge in [0.15, 0.2) is 0 Å². The van der Waals surface area contributed by atoms with Gasteiger partial charge in [0.05, 0.1) is 16.6 Å². The number of nitrogens with zero attached hydrogens (tertiary/aromatic N) is 2. The van der Waals surface area contributed by atoms with Crippen molar-refractivity contribution < 1.29 is 27.9 Å². The fourth-order valence-electron chi connectivity index (χ4n) is 1.80. The minimum absolute atomic E-state index is 0.0128. The summed E-state index contributed by atoms with van der Waals surface area (Å²) in [5.74, 6) is -3.55. The molecule has 0 aliphatic heterocycles. The van der Waals surface area contributed by atoms with Crippen LogP contribution < -0.4 is 5.73 Å². The van der Waals surface area contributed by atoms with Crippen LogP contribution in [-0.2, 0) is 17.5 Å². The number of aromatic nitrogens is 2. The second-order valence-electron chi connectivity index (χ2n) is 3.99. The number of carboxylic acids is 1. The van der Waals surface area contributed by atoms with E-state index in [0.717, 1.165) is 18.2 Å². The van der Waals surface area contributed by atoms with Crippen LogP contribution in [0, 0.1) is 0 Å². The number of rotatable bonds is 3. The van der Waals surface area contributed by atoms with E-state index in [1.54, 1.807) is 0 Å². The number of carboxylic acid groups (broad SMARTS) is 1. The number of imidazole rings is 1. The smallest absolute Gasteiger partial charge is 0.449 e. The molecule has 0 bridgehead atoms. The number of hydrogen-bond acceptors (Lipinski definition) is 3. The summed E-state index contributed by atoms with van der Waals surface area (Å²) < 4.78 is 39.1. The zero-order chi connectivity index (χ0) is 15.1. The topological polar surface area (TPSA) is 98.2 Å². The lowest BCUT2D eigenvalue weighted by molar-refractivity contribution is -0.147. The number of amides is 1. The minimum atomic E-state index is -4.78. The summed E-state index contributed by atoms with van der Waals surface area (Å²) in [4.78, 5) is 25.0. The molecule has 0 radical (unpaired) electrons. The highest BCUT2D eigenvalue weighted by molar-refractivity contribution is 5.92. The molecule has 0 saturated carbocycles. The van der Waals surface area contributed by atoms with Crippen molar-refractivity contribution in [1.82, 2.24) is 9.55 Å². The molecule has 20 heavy (non-hydrogen) atoms. The molecule has 0 fully saturated rings. The van der Waals surface area contributed by atoms with E-state index in [9.17, 15) is 22.8 Å². The fourth-order valence-corrected chi connectivity index (χ4v) is 1.80. The largest absolute Gasteiger partial charge is 0.478 e. The number of alkyl halides is 3. The summed E-state index contributed by atoms with van der Waals surface area (Å²) in [6, 6.07) is 3.29. The van der Waals surface area contributed by atoms with Gasteiger partial charge in [-0.2, -0.15) is 13.2 Å². The summed E-state index contributed by atoms with van der Waals surface area (Å²) in [6.07, 6.45) is -4.78. The van der Waals surface area contributed by atoms with E-state index in [1.165, 1.54) is 0 Å². The van der Waals surface area contributed by atoms with Crippen molar-refractivity contribution in [2.24, 2.45) is 5.73 Å². The molecule has 2 aromatic rings. The number of benzene rings is 1. The third kappa shape index (κ3) is 2.42. The molecule has 1 heterocycles. The molecule has 0 saturated heterocycles. The van der Waals surface area contributed by atoms with Gasteiger partial charge in [-0.25, -0.2) is 9.78 Å². The highest BCUT2D eigenvalue weighted by Crippen LogP contribution is 2.31. The quantitative estimate of drug-likeness (QED) is 0.887. The average molecular weight is 287 g/mol. The molecule has 0 aliphatic rings. The number of hydrogen-bond donors (Lipinski definition) is 2. The number of carbonyl (C=O) groups is 2. The Kier molecular flexibility index (Phi) is 3.12. The van der Waals surface area contributed by atoms with Crippen molar-refractivity contribution in [3.8, 4) is 0 Å². The van der Waals surface area contributed by atoms with Gasteiger partial charge in [0.1, 0.15) is 6.54 Å². The average Bonchev–Trinajstić information content (AvgIpc) is 2.66. The normalized spacial score (nSPS) is 11.8. The van der Waals surface area contributed by atoms with Crippen LogP contribution in [0.5, 0.6) is 0 Å². The second kappa shape index (κ2) is 4.51. The number of aromatic carboxylic acids is 1. The number of carbonyl (C=O) groups excluding carboxylic acids is 1. The molecular formula is C11H8F3N3O3. The highest BCUT2D eigenvalue weighted by Gasteiger charge is 2.38. The molecule has 0 aliphatic carbocycles. The zero-order valence-corrected chi connectivity index (χ0v) is 9.81. The Balaban J connectivity index is 2.71. The lowest BCUT2D eigenvalue weighted by Gasteiger charge is -2.09. The first-order valence-corrected chi connectivity index (χ1v) is 5.29. The first kappa shape index (κ1) is 13.8. The third-order valence-corrected chi connectivity index (χ3v) is 2.56. The Morgan fingerprint density at radius 1 is 1.35 bits per heavy atom.